The highest BCUT2D eigenvalue weighted by Crippen LogP contribution is 2.25. The SMILES string of the molecule is CCN(CC(=O)O)C(=O)CCc1nc2cc(Br)ccc2s1. The van der Waals surface area contributed by atoms with Crippen LogP contribution in [0.1, 0.15) is 18.4 Å². The molecular formula is C14H15BrN2O3S. The van der Waals surface area contributed by atoms with Crippen molar-refractivity contribution in [2.45, 2.75) is 19.8 Å². The lowest BCUT2D eigenvalue weighted by Gasteiger charge is -2.17. The molecule has 112 valence electrons. The van der Waals surface area contributed by atoms with Gasteiger partial charge in [0.25, 0.3) is 0 Å². The number of halogens is 1. The fraction of sp³-hybridized carbons (Fsp3) is 0.357. The van der Waals surface area contributed by atoms with E-state index in [1.165, 1.54) is 4.90 Å². The van der Waals surface area contributed by atoms with Gasteiger partial charge in [-0.05, 0) is 25.1 Å². The van der Waals surface area contributed by atoms with Crippen molar-refractivity contribution in [3.05, 3.63) is 27.7 Å². The molecule has 7 heteroatoms. The first-order chi connectivity index (χ1) is 9.99. The molecule has 5 nitrogen and oxygen atoms in total. The minimum atomic E-state index is -0.991. The van der Waals surface area contributed by atoms with Crippen LogP contribution in [0.2, 0.25) is 0 Å². The van der Waals surface area contributed by atoms with Gasteiger partial charge in [0.2, 0.25) is 5.91 Å². The summed E-state index contributed by atoms with van der Waals surface area (Å²) in [4.78, 5) is 28.5. The average Bonchev–Trinajstić information content (AvgIpc) is 2.83. The summed E-state index contributed by atoms with van der Waals surface area (Å²) in [6, 6.07) is 5.90. The third kappa shape index (κ3) is 4.25. The topological polar surface area (TPSA) is 70.5 Å². The summed E-state index contributed by atoms with van der Waals surface area (Å²) in [6.07, 6.45) is 0.814. The zero-order valence-corrected chi connectivity index (χ0v) is 13.9. The van der Waals surface area contributed by atoms with Gasteiger partial charge >= 0.3 is 5.97 Å². The maximum Gasteiger partial charge on any atom is 0.323 e. The number of aliphatic carboxylic acids is 1. The molecule has 2 rings (SSSR count). The van der Waals surface area contributed by atoms with Crippen molar-refractivity contribution < 1.29 is 14.7 Å². The Kier molecular flexibility index (Phi) is 5.30. The second-order valence-corrected chi connectivity index (χ2v) is 6.55. The Morgan fingerprint density at radius 3 is 2.86 bits per heavy atom. The first-order valence-electron chi connectivity index (χ1n) is 6.54. The van der Waals surface area contributed by atoms with E-state index < -0.39 is 5.97 Å². The Balaban J connectivity index is 2.00. The van der Waals surface area contributed by atoms with E-state index >= 15 is 0 Å². The van der Waals surface area contributed by atoms with Crippen LogP contribution in [-0.4, -0.2) is 40.0 Å². The van der Waals surface area contributed by atoms with Crippen molar-refractivity contribution in [1.82, 2.24) is 9.88 Å². The minimum absolute atomic E-state index is 0.152. The number of hydrogen-bond acceptors (Lipinski definition) is 4. The summed E-state index contributed by atoms with van der Waals surface area (Å²) < 4.78 is 2.06. The Morgan fingerprint density at radius 2 is 2.19 bits per heavy atom. The maximum absolute atomic E-state index is 12.0. The first kappa shape index (κ1) is 15.9. The van der Waals surface area contributed by atoms with E-state index in [1.54, 1.807) is 18.3 Å². The predicted octanol–water partition coefficient (Wildman–Crippen LogP) is 2.92. The van der Waals surface area contributed by atoms with E-state index in [1.807, 2.05) is 18.2 Å². The molecule has 0 unspecified atom stereocenters. The third-order valence-electron chi connectivity index (χ3n) is 3.01. The van der Waals surface area contributed by atoms with Crippen LogP contribution in [0.3, 0.4) is 0 Å². The summed E-state index contributed by atoms with van der Waals surface area (Å²) >= 11 is 4.97. The number of likely N-dealkylation sites (N-methyl/N-ethyl adjacent to an activating group) is 1. The van der Waals surface area contributed by atoms with E-state index in [9.17, 15) is 9.59 Å². The molecule has 1 aromatic carbocycles. The van der Waals surface area contributed by atoms with Crippen molar-refractivity contribution in [3.8, 4) is 0 Å². The highest BCUT2D eigenvalue weighted by molar-refractivity contribution is 9.10. The van der Waals surface area contributed by atoms with Crippen molar-refractivity contribution in [2.24, 2.45) is 0 Å². The number of fused-ring (bicyclic) bond motifs is 1. The molecule has 1 N–H and O–H groups in total. The number of rotatable bonds is 6. The average molecular weight is 371 g/mol. The quantitative estimate of drug-likeness (QED) is 0.848. The molecule has 2 aromatic rings. The van der Waals surface area contributed by atoms with Crippen LogP contribution in [0.25, 0.3) is 10.2 Å². The van der Waals surface area contributed by atoms with Crippen LogP contribution >= 0.6 is 27.3 Å². The second kappa shape index (κ2) is 7.00. The molecule has 0 aliphatic carbocycles. The number of carbonyl (C=O) groups is 2. The van der Waals surface area contributed by atoms with Gasteiger partial charge in [0.15, 0.2) is 0 Å². The largest absolute Gasteiger partial charge is 0.480 e. The number of carboxylic acids is 1. The van der Waals surface area contributed by atoms with E-state index in [0.717, 1.165) is 19.7 Å². The number of aryl methyl sites for hydroxylation is 1. The van der Waals surface area contributed by atoms with Gasteiger partial charge in [0.1, 0.15) is 6.54 Å². The van der Waals surface area contributed by atoms with Crippen LogP contribution in [0, 0.1) is 0 Å². The third-order valence-corrected chi connectivity index (χ3v) is 4.60. The van der Waals surface area contributed by atoms with Crippen LogP contribution < -0.4 is 0 Å². The van der Waals surface area contributed by atoms with Gasteiger partial charge in [-0.2, -0.15) is 0 Å². The molecule has 0 aliphatic rings. The van der Waals surface area contributed by atoms with Crippen LogP contribution in [0.4, 0.5) is 0 Å². The van der Waals surface area contributed by atoms with Crippen LogP contribution in [-0.2, 0) is 16.0 Å². The number of nitrogens with zero attached hydrogens (tertiary/aromatic N) is 2. The van der Waals surface area contributed by atoms with Gasteiger partial charge in [-0.3, -0.25) is 9.59 Å². The predicted molar refractivity (Wildman–Crippen MR) is 85.5 cm³/mol. The van der Waals surface area contributed by atoms with Gasteiger partial charge in [-0.15, -0.1) is 11.3 Å². The summed E-state index contributed by atoms with van der Waals surface area (Å²) in [5.74, 6) is -1.14. The number of amides is 1. The zero-order chi connectivity index (χ0) is 15.4. The number of benzene rings is 1. The van der Waals surface area contributed by atoms with E-state index in [-0.39, 0.29) is 18.9 Å². The molecule has 0 bridgehead atoms. The number of thiazole rings is 1. The standard InChI is InChI=1S/C14H15BrN2O3S/c1-2-17(8-14(19)20)13(18)6-5-12-16-10-7-9(15)3-4-11(10)21-12/h3-4,7H,2,5-6,8H2,1H3,(H,19,20). The Bertz CT molecular complexity index is 671. The summed E-state index contributed by atoms with van der Waals surface area (Å²) in [5, 5.41) is 9.65. The fourth-order valence-electron chi connectivity index (χ4n) is 1.97. The molecule has 1 aromatic heterocycles. The molecular weight excluding hydrogens is 356 g/mol. The van der Waals surface area contributed by atoms with E-state index in [2.05, 4.69) is 20.9 Å². The molecule has 0 aliphatic heterocycles. The smallest absolute Gasteiger partial charge is 0.323 e. The molecule has 0 saturated heterocycles. The molecule has 1 heterocycles. The van der Waals surface area contributed by atoms with Crippen molar-refractivity contribution in [2.75, 3.05) is 13.1 Å². The zero-order valence-electron chi connectivity index (χ0n) is 11.5. The van der Waals surface area contributed by atoms with Gasteiger partial charge in [0.05, 0.1) is 15.2 Å². The fourth-order valence-corrected chi connectivity index (χ4v) is 3.26. The molecule has 0 saturated carbocycles. The summed E-state index contributed by atoms with van der Waals surface area (Å²) in [5.41, 5.74) is 0.912. The summed E-state index contributed by atoms with van der Waals surface area (Å²) in [6.45, 7) is 1.93. The van der Waals surface area contributed by atoms with Crippen LogP contribution in [0.15, 0.2) is 22.7 Å². The van der Waals surface area contributed by atoms with Crippen molar-refractivity contribution >= 4 is 49.4 Å². The molecule has 0 atom stereocenters. The number of carbonyl (C=O) groups excluding carboxylic acids is 1. The molecule has 0 fully saturated rings. The Morgan fingerprint density at radius 1 is 1.43 bits per heavy atom. The van der Waals surface area contributed by atoms with E-state index in [4.69, 9.17) is 5.11 Å². The van der Waals surface area contributed by atoms with Crippen LogP contribution in [0.5, 0.6) is 0 Å². The first-order valence-corrected chi connectivity index (χ1v) is 8.15. The lowest BCUT2D eigenvalue weighted by atomic mass is 10.2. The summed E-state index contributed by atoms with van der Waals surface area (Å²) in [7, 11) is 0. The van der Waals surface area contributed by atoms with Gasteiger partial charge in [-0.1, -0.05) is 15.9 Å². The molecule has 1 amide bonds. The van der Waals surface area contributed by atoms with E-state index in [0.29, 0.717) is 13.0 Å². The van der Waals surface area contributed by atoms with Crippen molar-refractivity contribution in [1.29, 1.82) is 0 Å². The molecule has 0 radical (unpaired) electrons. The van der Waals surface area contributed by atoms with Gasteiger partial charge in [0, 0.05) is 23.9 Å². The second-order valence-electron chi connectivity index (χ2n) is 4.52. The lowest BCUT2D eigenvalue weighted by Crippen LogP contribution is -2.35. The normalized spacial score (nSPS) is 10.8. The molecule has 0 spiro atoms. The molecule has 21 heavy (non-hydrogen) atoms. The number of hydrogen-bond donors (Lipinski definition) is 1. The monoisotopic (exact) mass is 370 g/mol. The Hall–Kier alpha value is -1.47. The van der Waals surface area contributed by atoms with Gasteiger partial charge in [-0.25, -0.2) is 4.98 Å². The minimum Gasteiger partial charge on any atom is -0.480 e. The van der Waals surface area contributed by atoms with Crippen molar-refractivity contribution in [3.63, 3.8) is 0 Å². The number of carboxylic acid groups (broad SMARTS) is 1. The maximum atomic E-state index is 12.0. The highest BCUT2D eigenvalue weighted by Gasteiger charge is 2.15. The number of aromatic nitrogens is 1. The highest BCUT2D eigenvalue weighted by atomic mass is 79.9. The van der Waals surface area contributed by atoms with Gasteiger partial charge < -0.3 is 10.0 Å². The Labute approximate surface area is 134 Å². The lowest BCUT2D eigenvalue weighted by molar-refractivity contribution is -0.144.